The van der Waals surface area contributed by atoms with Gasteiger partial charge in [0.25, 0.3) is 0 Å². The first-order chi connectivity index (χ1) is 9.08. The summed E-state index contributed by atoms with van der Waals surface area (Å²) >= 11 is 6.13. The Morgan fingerprint density at radius 1 is 1.11 bits per heavy atom. The fraction of sp³-hybridized carbons (Fsp3) is 0.200. The maximum absolute atomic E-state index is 13.6. The van der Waals surface area contributed by atoms with Crippen LogP contribution in [0.4, 0.5) is 10.1 Å². The highest BCUT2D eigenvalue weighted by Gasteiger charge is 2.10. The molecule has 2 aromatic carbocycles. The Kier molecular flexibility index (Phi) is 4.40. The van der Waals surface area contributed by atoms with Crippen LogP contribution in [0.2, 0.25) is 5.02 Å². The topological polar surface area (TPSA) is 29.3 Å². The average molecular weight is 279 g/mol. The van der Waals surface area contributed by atoms with Crippen LogP contribution in [0, 0.1) is 5.82 Å². The molecular weight excluding hydrogens is 263 g/mol. The van der Waals surface area contributed by atoms with E-state index in [4.69, 9.17) is 17.3 Å². The second kappa shape index (κ2) is 6.04. The van der Waals surface area contributed by atoms with Crippen molar-refractivity contribution in [2.24, 2.45) is 0 Å². The zero-order valence-electron chi connectivity index (χ0n) is 10.7. The molecule has 19 heavy (non-hydrogen) atoms. The van der Waals surface area contributed by atoms with Gasteiger partial charge in [-0.15, -0.1) is 0 Å². The molecule has 0 radical (unpaired) electrons. The molecule has 0 saturated carbocycles. The summed E-state index contributed by atoms with van der Waals surface area (Å²) < 4.78 is 13.6. The Morgan fingerprint density at radius 2 is 1.84 bits per heavy atom. The quantitative estimate of drug-likeness (QED) is 0.864. The number of nitrogens with zero attached hydrogens (tertiary/aromatic N) is 1. The summed E-state index contributed by atoms with van der Waals surface area (Å²) in [6, 6.07) is 12.2. The van der Waals surface area contributed by atoms with Gasteiger partial charge in [-0.25, -0.2) is 4.39 Å². The monoisotopic (exact) mass is 278 g/mol. The van der Waals surface area contributed by atoms with Crippen LogP contribution < -0.4 is 5.73 Å². The molecule has 0 amide bonds. The van der Waals surface area contributed by atoms with E-state index in [2.05, 4.69) is 0 Å². The predicted octanol–water partition coefficient (Wildman–Crippen LogP) is 3.69. The Balaban J connectivity index is 2.10. The van der Waals surface area contributed by atoms with Gasteiger partial charge in [-0.1, -0.05) is 35.9 Å². The van der Waals surface area contributed by atoms with Gasteiger partial charge in [0.2, 0.25) is 0 Å². The van der Waals surface area contributed by atoms with Crippen molar-refractivity contribution in [2.75, 3.05) is 12.8 Å². The van der Waals surface area contributed by atoms with Crippen LogP contribution in [-0.2, 0) is 13.1 Å². The number of hydrogen-bond donors (Lipinski definition) is 1. The van der Waals surface area contributed by atoms with E-state index in [0.29, 0.717) is 29.4 Å². The average Bonchev–Trinajstić information content (AvgIpc) is 2.37. The Hall–Kier alpha value is -1.58. The summed E-state index contributed by atoms with van der Waals surface area (Å²) in [5.41, 5.74) is 8.11. The summed E-state index contributed by atoms with van der Waals surface area (Å²) in [4.78, 5) is 1.98. The third-order valence-corrected chi connectivity index (χ3v) is 3.34. The Bertz CT molecular complexity index is 552. The minimum Gasteiger partial charge on any atom is -0.398 e. The third kappa shape index (κ3) is 3.46. The van der Waals surface area contributed by atoms with E-state index in [9.17, 15) is 4.39 Å². The van der Waals surface area contributed by atoms with Gasteiger partial charge in [0, 0.05) is 34.9 Å². The summed E-state index contributed by atoms with van der Waals surface area (Å²) in [6.45, 7) is 1.09. The number of nitrogens with two attached hydrogens (primary N) is 1. The number of halogens is 2. The molecular formula is C15H16ClFN2. The van der Waals surface area contributed by atoms with Crippen molar-refractivity contribution in [2.45, 2.75) is 13.1 Å². The molecule has 0 saturated heterocycles. The Morgan fingerprint density at radius 3 is 2.53 bits per heavy atom. The maximum atomic E-state index is 13.6. The van der Waals surface area contributed by atoms with Gasteiger partial charge in [0.05, 0.1) is 0 Å². The highest BCUT2D eigenvalue weighted by Crippen LogP contribution is 2.23. The second-order valence-electron chi connectivity index (χ2n) is 4.57. The van der Waals surface area contributed by atoms with Crippen molar-refractivity contribution in [1.29, 1.82) is 0 Å². The normalized spacial score (nSPS) is 10.9. The molecule has 2 N–H and O–H groups in total. The van der Waals surface area contributed by atoms with E-state index in [1.807, 2.05) is 36.2 Å². The molecule has 2 aromatic rings. The van der Waals surface area contributed by atoms with Crippen molar-refractivity contribution in [1.82, 2.24) is 4.90 Å². The number of rotatable bonds is 4. The molecule has 0 aliphatic heterocycles. The van der Waals surface area contributed by atoms with Gasteiger partial charge in [-0.3, -0.25) is 4.90 Å². The molecule has 2 nitrogen and oxygen atoms in total. The molecule has 0 atom stereocenters. The Labute approximate surface area is 117 Å². The van der Waals surface area contributed by atoms with Gasteiger partial charge in [-0.2, -0.15) is 0 Å². The molecule has 0 aromatic heterocycles. The van der Waals surface area contributed by atoms with Crippen molar-refractivity contribution in [3.63, 3.8) is 0 Å². The molecule has 4 heteroatoms. The van der Waals surface area contributed by atoms with Crippen molar-refractivity contribution in [3.8, 4) is 0 Å². The summed E-state index contributed by atoms with van der Waals surface area (Å²) in [5.74, 6) is -0.193. The third-order valence-electron chi connectivity index (χ3n) is 2.98. The fourth-order valence-corrected chi connectivity index (χ4v) is 2.23. The van der Waals surface area contributed by atoms with Crippen LogP contribution in [0.15, 0.2) is 42.5 Å². The van der Waals surface area contributed by atoms with Gasteiger partial charge in [0.15, 0.2) is 0 Å². The van der Waals surface area contributed by atoms with Crippen molar-refractivity contribution in [3.05, 3.63) is 64.4 Å². The zero-order chi connectivity index (χ0) is 13.8. The summed E-state index contributed by atoms with van der Waals surface area (Å²) in [7, 11) is 1.91. The lowest BCUT2D eigenvalue weighted by molar-refractivity contribution is 0.314. The van der Waals surface area contributed by atoms with Gasteiger partial charge in [0.1, 0.15) is 5.82 Å². The predicted molar refractivity (Wildman–Crippen MR) is 77.4 cm³/mol. The highest BCUT2D eigenvalue weighted by atomic mass is 35.5. The maximum Gasteiger partial charge on any atom is 0.127 e. The molecule has 0 unspecified atom stereocenters. The number of nitrogen functional groups attached to an aromatic ring is 1. The number of hydrogen-bond acceptors (Lipinski definition) is 2. The van der Waals surface area contributed by atoms with Crippen LogP contribution in [0.25, 0.3) is 0 Å². The number of anilines is 1. The van der Waals surface area contributed by atoms with E-state index in [-0.39, 0.29) is 5.82 Å². The van der Waals surface area contributed by atoms with Crippen LogP contribution in [0.5, 0.6) is 0 Å². The molecule has 2 rings (SSSR count). The van der Waals surface area contributed by atoms with Gasteiger partial charge in [-0.05, 0) is 25.2 Å². The van der Waals surface area contributed by atoms with Gasteiger partial charge < -0.3 is 5.73 Å². The lowest BCUT2D eigenvalue weighted by Gasteiger charge is -2.19. The van der Waals surface area contributed by atoms with Crippen LogP contribution in [-0.4, -0.2) is 11.9 Å². The first-order valence-electron chi connectivity index (χ1n) is 6.02. The lowest BCUT2D eigenvalue weighted by Crippen LogP contribution is -2.19. The van der Waals surface area contributed by atoms with Crippen molar-refractivity contribution < 1.29 is 4.39 Å². The van der Waals surface area contributed by atoms with Crippen LogP contribution >= 0.6 is 11.6 Å². The van der Waals surface area contributed by atoms with E-state index in [1.165, 1.54) is 6.07 Å². The molecule has 0 aliphatic carbocycles. The first kappa shape index (κ1) is 13.8. The molecule has 0 bridgehead atoms. The number of benzene rings is 2. The minimum absolute atomic E-state index is 0.193. The van der Waals surface area contributed by atoms with Crippen molar-refractivity contribution >= 4 is 17.3 Å². The fourth-order valence-electron chi connectivity index (χ4n) is 1.99. The molecule has 0 fully saturated rings. The summed E-state index contributed by atoms with van der Waals surface area (Å²) in [6.07, 6.45) is 0. The molecule has 100 valence electrons. The first-order valence-corrected chi connectivity index (χ1v) is 6.40. The molecule has 0 spiro atoms. The second-order valence-corrected chi connectivity index (χ2v) is 4.98. The van der Waals surface area contributed by atoms with E-state index in [1.54, 1.807) is 12.1 Å². The van der Waals surface area contributed by atoms with Gasteiger partial charge >= 0.3 is 0 Å². The van der Waals surface area contributed by atoms with E-state index < -0.39 is 0 Å². The minimum atomic E-state index is -0.193. The highest BCUT2D eigenvalue weighted by molar-refractivity contribution is 6.31. The van der Waals surface area contributed by atoms with Crippen LogP contribution in [0.3, 0.4) is 0 Å². The van der Waals surface area contributed by atoms with E-state index >= 15 is 0 Å². The zero-order valence-corrected chi connectivity index (χ0v) is 11.5. The van der Waals surface area contributed by atoms with E-state index in [0.717, 1.165) is 5.56 Å². The SMILES string of the molecule is CN(Cc1ccccc1F)Cc1c(N)cccc1Cl. The smallest absolute Gasteiger partial charge is 0.127 e. The standard InChI is InChI=1S/C15H16ClFN2/c1-19(9-11-5-2-3-7-14(11)17)10-12-13(16)6-4-8-15(12)18/h2-8H,9-10,18H2,1H3. The molecule has 0 aliphatic rings. The van der Waals surface area contributed by atoms with Crippen LogP contribution in [0.1, 0.15) is 11.1 Å². The molecule has 0 heterocycles. The summed E-state index contributed by atoms with van der Waals surface area (Å²) in [5, 5.41) is 0.639. The lowest BCUT2D eigenvalue weighted by atomic mass is 10.1. The largest absolute Gasteiger partial charge is 0.398 e.